The summed E-state index contributed by atoms with van der Waals surface area (Å²) in [6.45, 7) is 8.16. The smallest absolute Gasteiger partial charge is 0.320 e. The van der Waals surface area contributed by atoms with Crippen molar-refractivity contribution in [3.63, 3.8) is 0 Å². The predicted molar refractivity (Wildman–Crippen MR) is 116 cm³/mol. The topological polar surface area (TPSA) is 89.5 Å². The van der Waals surface area contributed by atoms with E-state index in [9.17, 15) is 9.59 Å². The van der Waals surface area contributed by atoms with Crippen LogP contribution in [0.4, 0.5) is 0 Å². The fraction of sp³-hybridized carbons (Fsp3) is 0.909. The van der Waals surface area contributed by atoms with Gasteiger partial charge < -0.3 is 28.4 Å². The van der Waals surface area contributed by atoms with Gasteiger partial charge in [0.2, 0.25) is 0 Å². The van der Waals surface area contributed by atoms with Gasteiger partial charge in [0.1, 0.15) is 31.1 Å². The molecule has 1 unspecified atom stereocenters. The Hall–Kier alpha value is -0.640. The number of alkyl halides is 2. The maximum absolute atomic E-state index is 13.1. The summed E-state index contributed by atoms with van der Waals surface area (Å²) in [4.78, 5) is 26.1. The summed E-state index contributed by atoms with van der Waals surface area (Å²) in [6, 6.07) is 0. The molecule has 0 aromatic carbocycles. The van der Waals surface area contributed by atoms with Gasteiger partial charge in [0.25, 0.3) is 0 Å². The number of carbonyl (C=O) groups is 2. The highest BCUT2D eigenvalue weighted by Crippen LogP contribution is 2.66. The molecule has 1 saturated carbocycles. The lowest BCUT2D eigenvalue weighted by Gasteiger charge is -2.36. The highest BCUT2D eigenvalue weighted by atomic mass is 35.5. The van der Waals surface area contributed by atoms with Gasteiger partial charge in [-0.2, -0.15) is 0 Å². The van der Waals surface area contributed by atoms with Crippen LogP contribution in [0.15, 0.2) is 0 Å². The molecule has 2 aliphatic heterocycles. The molecule has 1 aliphatic carbocycles. The number of hydrogen-bond donors (Lipinski definition) is 0. The van der Waals surface area contributed by atoms with Gasteiger partial charge in [0.05, 0.1) is 37.3 Å². The lowest BCUT2D eigenvalue weighted by atomic mass is 9.87. The molecule has 0 aromatic rings. The van der Waals surface area contributed by atoms with Crippen LogP contribution < -0.4 is 0 Å². The molecule has 3 aliphatic rings. The molecule has 0 spiro atoms. The molecule has 0 bridgehead atoms. The van der Waals surface area contributed by atoms with E-state index in [-0.39, 0.29) is 33.2 Å². The molecule has 184 valence electrons. The van der Waals surface area contributed by atoms with Gasteiger partial charge >= 0.3 is 11.9 Å². The van der Waals surface area contributed by atoms with Gasteiger partial charge in [0.15, 0.2) is 5.92 Å². The molecule has 0 amide bonds. The highest BCUT2D eigenvalue weighted by molar-refractivity contribution is 6.51. The van der Waals surface area contributed by atoms with Crippen LogP contribution in [-0.4, -0.2) is 69.5 Å². The molecule has 8 nitrogen and oxygen atoms in total. The van der Waals surface area contributed by atoms with E-state index in [0.29, 0.717) is 45.7 Å². The molecule has 2 heterocycles. The molecule has 1 atom stereocenters. The monoisotopic (exact) mass is 496 g/mol. The average molecular weight is 497 g/mol. The first-order valence-electron chi connectivity index (χ1n) is 11.1. The van der Waals surface area contributed by atoms with Crippen molar-refractivity contribution in [1.82, 2.24) is 0 Å². The summed E-state index contributed by atoms with van der Waals surface area (Å²) >= 11 is 12.6. The number of carbonyl (C=O) groups excluding carboxylic acids is 2. The minimum atomic E-state index is -1.13. The van der Waals surface area contributed by atoms with E-state index in [1.807, 2.05) is 20.8 Å². The molecule has 32 heavy (non-hydrogen) atoms. The van der Waals surface area contributed by atoms with Crippen LogP contribution in [0.3, 0.4) is 0 Å². The zero-order valence-corrected chi connectivity index (χ0v) is 20.6. The number of halogens is 2. The Morgan fingerprint density at radius 2 is 1.22 bits per heavy atom. The lowest BCUT2D eigenvalue weighted by Crippen LogP contribution is -2.44. The zero-order chi connectivity index (χ0) is 23.5. The van der Waals surface area contributed by atoms with Crippen LogP contribution in [0, 0.1) is 22.2 Å². The van der Waals surface area contributed by atoms with Gasteiger partial charge in [-0.1, -0.05) is 20.8 Å². The summed E-state index contributed by atoms with van der Waals surface area (Å²) in [5.74, 6) is -2.42. The Morgan fingerprint density at radius 3 is 1.53 bits per heavy atom. The first kappa shape index (κ1) is 26.0. The van der Waals surface area contributed by atoms with Gasteiger partial charge in [-0.15, -0.1) is 23.2 Å². The number of esters is 2. The van der Waals surface area contributed by atoms with Crippen molar-refractivity contribution >= 4 is 35.1 Å². The van der Waals surface area contributed by atoms with E-state index >= 15 is 0 Å². The maximum atomic E-state index is 13.1. The largest absolute Gasteiger partial charge is 0.464 e. The van der Waals surface area contributed by atoms with Gasteiger partial charge in [0, 0.05) is 5.41 Å². The summed E-state index contributed by atoms with van der Waals surface area (Å²) in [5.41, 5.74) is -1.44. The van der Waals surface area contributed by atoms with Crippen molar-refractivity contribution in [3.8, 4) is 0 Å². The fourth-order valence-corrected chi connectivity index (χ4v) is 4.79. The Labute approximate surface area is 199 Å². The fourth-order valence-electron chi connectivity index (χ4n) is 4.04. The number of ether oxygens (including phenoxy) is 6. The quantitative estimate of drug-likeness (QED) is 0.258. The van der Waals surface area contributed by atoms with E-state index in [1.165, 1.54) is 0 Å². The standard InChI is InChI=1S/C22H34Cl2O8/c1-4-20(8-27-14-28-9-20)12-31-17(25)16(6-19(3)7-22(19,23)24)18(26)32-13-21(5-2)10-29-15-30-11-21/h16H,4-15H2,1-3H3. The normalized spacial score (nSPS) is 28.2. The average Bonchev–Trinajstić information content (AvgIpc) is 3.32. The van der Waals surface area contributed by atoms with E-state index < -0.39 is 38.4 Å². The Morgan fingerprint density at radius 1 is 0.844 bits per heavy atom. The van der Waals surface area contributed by atoms with Crippen molar-refractivity contribution < 1.29 is 38.0 Å². The Kier molecular flexibility index (Phi) is 8.38. The Bertz CT molecular complexity index is 631. The molecule has 10 heteroatoms. The molecule has 0 radical (unpaired) electrons. The predicted octanol–water partition coefficient (Wildman–Crippen LogP) is 3.46. The summed E-state index contributed by atoms with van der Waals surface area (Å²) in [6.07, 6.45) is 2.05. The summed E-state index contributed by atoms with van der Waals surface area (Å²) < 4.78 is 31.8. The van der Waals surface area contributed by atoms with Gasteiger partial charge in [-0.05, 0) is 25.7 Å². The molecular weight excluding hydrogens is 463 g/mol. The third-order valence-electron chi connectivity index (χ3n) is 7.10. The molecule has 3 fully saturated rings. The molecule has 0 aromatic heterocycles. The lowest BCUT2D eigenvalue weighted by molar-refractivity contribution is -0.195. The number of hydrogen-bond acceptors (Lipinski definition) is 8. The first-order valence-corrected chi connectivity index (χ1v) is 11.9. The maximum Gasteiger partial charge on any atom is 0.320 e. The van der Waals surface area contributed by atoms with Crippen molar-refractivity contribution in [1.29, 1.82) is 0 Å². The zero-order valence-electron chi connectivity index (χ0n) is 19.1. The molecule has 0 N–H and O–H groups in total. The van der Waals surface area contributed by atoms with E-state index in [1.54, 1.807) is 0 Å². The van der Waals surface area contributed by atoms with Gasteiger partial charge in [-0.25, -0.2) is 0 Å². The SMILES string of the molecule is CCC1(COC(=O)C(CC2(C)CC2(Cl)Cl)C(=O)OCC2(CC)COCOC2)COCOC1. The summed E-state index contributed by atoms with van der Waals surface area (Å²) in [7, 11) is 0. The second-order valence-electron chi connectivity index (χ2n) is 9.75. The van der Waals surface area contributed by atoms with Crippen molar-refractivity contribution in [2.24, 2.45) is 22.2 Å². The first-order chi connectivity index (χ1) is 15.1. The van der Waals surface area contributed by atoms with Gasteiger partial charge in [-0.3, -0.25) is 9.59 Å². The Balaban J connectivity index is 1.65. The van der Waals surface area contributed by atoms with Crippen LogP contribution in [0.25, 0.3) is 0 Å². The molecular formula is C22H34Cl2O8. The van der Waals surface area contributed by atoms with Crippen LogP contribution in [-0.2, 0) is 38.0 Å². The highest BCUT2D eigenvalue weighted by Gasteiger charge is 2.64. The number of rotatable bonds is 10. The van der Waals surface area contributed by atoms with Crippen molar-refractivity contribution in [2.45, 2.75) is 50.8 Å². The van der Waals surface area contributed by atoms with Crippen LogP contribution in [0.5, 0.6) is 0 Å². The minimum absolute atomic E-state index is 0.0935. The van der Waals surface area contributed by atoms with E-state index in [0.717, 1.165) is 0 Å². The third kappa shape index (κ3) is 5.88. The van der Waals surface area contributed by atoms with E-state index in [2.05, 4.69) is 0 Å². The molecule has 3 rings (SSSR count). The second kappa shape index (κ2) is 10.3. The van der Waals surface area contributed by atoms with Crippen LogP contribution in [0.2, 0.25) is 0 Å². The van der Waals surface area contributed by atoms with Crippen LogP contribution >= 0.6 is 23.2 Å². The third-order valence-corrected chi connectivity index (χ3v) is 8.28. The minimum Gasteiger partial charge on any atom is -0.464 e. The van der Waals surface area contributed by atoms with Crippen LogP contribution in [0.1, 0.15) is 46.5 Å². The van der Waals surface area contributed by atoms with E-state index in [4.69, 9.17) is 51.6 Å². The van der Waals surface area contributed by atoms with Crippen molar-refractivity contribution in [3.05, 3.63) is 0 Å². The second-order valence-corrected chi connectivity index (χ2v) is 11.2. The molecule has 2 saturated heterocycles. The summed E-state index contributed by atoms with van der Waals surface area (Å²) in [5, 5.41) is 0. The van der Waals surface area contributed by atoms with Crippen molar-refractivity contribution in [2.75, 3.05) is 53.2 Å².